The van der Waals surface area contributed by atoms with Crippen LogP contribution in [0, 0.1) is 0 Å². The van der Waals surface area contributed by atoms with Crippen LogP contribution >= 0.6 is 11.3 Å². The molecule has 2 aromatic rings. The van der Waals surface area contributed by atoms with E-state index in [0.29, 0.717) is 11.3 Å². The Morgan fingerprint density at radius 2 is 1.89 bits per heavy atom. The lowest BCUT2D eigenvalue weighted by atomic mass is 10.0. The third kappa shape index (κ3) is 7.36. The summed E-state index contributed by atoms with van der Waals surface area (Å²) in [7, 11) is 0. The fourth-order valence-electron chi connectivity index (χ4n) is 4.01. The molecular formula is C24H32F5N5O3S. The topological polar surface area (TPSA) is 111 Å². The Balaban J connectivity index is 2.15. The van der Waals surface area contributed by atoms with E-state index >= 15 is 0 Å². The number of halogens is 5. The van der Waals surface area contributed by atoms with Gasteiger partial charge in [0.25, 0.3) is 11.8 Å². The zero-order valence-electron chi connectivity index (χ0n) is 21.9. The molecule has 1 amide bonds. The molecule has 2 atom stereocenters. The Hall–Kier alpha value is -2.42. The van der Waals surface area contributed by atoms with E-state index in [0.717, 1.165) is 17.2 Å². The smallest absolute Gasteiger partial charge is 0.389 e. The molecule has 38 heavy (non-hydrogen) atoms. The van der Waals surface area contributed by atoms with E-state index in [-0.39, 0.29) is 27.9 Å². The van der Waals surface area contributed by atoms with Gasteiger partial charge in [-0.25, -0.2) is 18.7 Å². The highest BCUT2D eigenvalue weighted by molar-refractivity contribution is 7.17. The first-order valence-corrected chi connectivity index (χ1v) is 12.7. The van der Waals surface area contributed by atoms with E-state index in [4.69, 9.17) is 0 Å². The van der Waals surface area contributed by atoms with Crippen molar-refractivity contribution < 1.29 is 37.0 Å². The summed E-state index contributed by atoms with van der Waals surface area (Å²) in [5.74, 6) is -3.96. The molecule has 0 radical (unpaired) electrons. The Morgan fingerprint density at radius 1 is 1.26 bits per heavy atom. The van der Waals surface area contributed by atoms with Crippen molar-refractivity contribution in [2.75, 3.05) is 18.4 Å². The minimum atomic E-state index is -4.85. The Kier molecular flexibility index (Phi) is 8.15. The van der Waals surface area contributed by atoms with E-state index in [1.54, 1.807) is 20.8 Å². The summed E-state index contributed by atoms with van der Waals surface area (Å²) in [5.41, 5.74) is -3.79. The molecular weight excluding hydrogens is 533 g/mol. The Labute approximate surface area is 221 Å². The van der Waals surface area contributed by atoms with E-state index in [1.807, 2.05) is 0 Å². The van der Waals surface area contributed by atoms with Crippen LogP contribution in [0.15, 0.2) is 12.3 Å². The van der Waals surface area contributed by atoms with Crippen molar-refractivity contribution in [3.63, 3.8) is 0 Å². The number of aromatic nitrogens is 2. The molecule has 0 bridgehead atoms. The summed E-state index contributed by atoms with van der Waals surface area (Å²) >= 11 is 0.569. The summed E-state index contributed by atoms with van der Waals surface area (Å²) in [6.07, 6.45) is -6.25. The van der Waals surface area contributed by atoms with Gasteiger partial charge in [0, 0.05) is 36.3 Å². The van der Waals surface area contributed by atoms with Crippen molar-refractivity contribution in [2.24, 2.45) is 0 Å². The highest BCUT2D eigenvalue weighted by Gasteiger charge is 2.47. The molecule has 2 aromatic heterocycles. The van der Waals surface area contributed by atoms with Gasteiger partial charge in [-0.3, -0.25) is 9.69 Å². The molecule has 0 aliphatic carbocycles. The number of likely N-dealkylation sites (tertiary alicyclic amines) is 1. The maximum absolute atomic E-state index is 14.2. The number of rotatable bonds is 7. The summed E-state index contributed by atoms with van der Waals surface area (Å²) < 4.78 is 70.8. The third-order valence-electron chi connectivity index (χ3n) is 5.62. The standard InChI is InChI=1S/C24H32F5N5O3S/c1-12-8-23(25,26)11-34(12)20(36)16-17(38-19(32-16)18(35)31-10-22(5,6)37)13-9-30-15(33-21(2,3)4)7-14(13)24(27,28)29/h7,9,12,20,36-37H,8,10-11H2,1-6H3,(H,30,33)(H,31,35)/t12-,20?/m0/s1. The molecule has 1 unspecified atom stereocenters. The van der Waals surface area contributed by atoms with Crippen LogP contribution in [0.5, 0.6) is 0 Å². The summed E-state index contributed by atoms with van der Waals surface area (Å²) in [6, 6.07) is 0.0116. The van der Waals surface area contributed by atoms with Crippen LogP contribution in [-0.4, -0.2) is 67.2 Å². The number of aliphatic hydroxyl groups excluding tert-OH is 1. The minimum Gasteiger partial charge on any atom is -0.389 e. The van der Waals surface area contributed by atoms with Gasteiger partial charge >= 0.3 is 6.18 Å². The van der Waals surface area contributed by atoms with Crippen molar-refractivity contribution in [3.8, 4) is 10.4 Å². The lowest BCUT2D eigenvalue weighted by Crippen LogP contribution is -2.38. The number of pyridine rings is 1. The van der Waals surface area contributed by atoms with Crippen molar-refractivity contribution in [2.45, 2.75) is 83.5 Å². The molecule has 3 rings (SSSR count). The van der Waals surface area contributed by atoms with Gasteiger partial charge in [-0.2, -0.15) is 13.2 Å². The van der Waals surface area contributed by atoms with Crippen molar-refractivity contribution in [3.05, 3.63) is 28.5 Å². The van der Waals surface area contributed by atoms with Gasteiger partial charge in [-0.15, -0.1) is 11.3 Å². The number of amides is 1. The molecule has 0 saturated carbocycles. The second-order valence-corrected chi connectivity index (χ2v) is 12.2. The number of anilines is 1. The van der Waals surface area contributed by atoms with Crippen molar-refractivity contribution in [1.82, 2.24) is 20.2 Å². The van der Waals surface area contributed by atoms with E-state index in [2.05, 4.69) is 20.6 Å². The number of carbonyl (C=O) groups excluding carboxylic acids is 1. The molecule has 14 heteroatoms. The second kappa shape index (κ2) is 10.3. The molecule has 1 fully saturated rings. The van der Waals surface area contributed by atoms with Crippen LogP contribution in [0.25, 0.3) is 10.4 Å². The molecule has 0 aromatic carbocycles. The van der Waals surface area contributed by atoms with Crippen LogP contribution in [-0.2, 0) is 6.18 Å². The summed E-state index contributed by atoms with van der Waals surface area (Å²) in [4.78, 5) is 21.8. The number of thiazole rings is 1. The number of hydrogen-bond donors (Lipinski definition) is 4. The van der Waals surface area contributed by atoms with Gasteiger partial charge < -0.3 is 20.8 Å². The largest absolute Gasteiger partial charge is 0.417 e. The summed E-state index contributed by atoms with van der Waals surface area (Å²) in [5, 5.41) is 26.0. The lowest BCUT2D eigenvalue weighted by Gasteiger charge is -2.26. The van der Waals surface area contributed by atoms with Gasteiger partial charge in [0.05, 0.1) is 22.6 Å². The first kappa shape index (κ1) is 30.1. The maximum atomic E-state index is 14.2. The first-order valence-electron chi connectivity index (χ1n) is 11.9. The number of nitrogens with zero attached hydrogens (tertiary/aromatic N) is 3. The SMILES string of the molecule is C[C@H]1CC(F)(F)CN1C(O)c1nc(C(=O)NCC(C)(C)O)sc1-c1cnc(NC(C)(C)C)cc1C(F)(F)F. The minimum absolute atomic E-state index is 0.0452. The molecule has 1 aliphatic heterocycles. The zero-order chi connectivity index (χ0) is 28.8. The predicted molar refractivity (Wildman–Crippen MR) is 133 cm³/mol. The fourth-order valence-corrected chi connectivity index (χ4v) is 5.04. The van der Waals surface area contributed by atoms with Crippen molar-refractivity contribution >= 4 is 23.1 Å². The van der Waals surface area contributed by atoms with Crippen molar-refractivity contribution in [1.29, 1.82) is 0 Å². The third-order valence-corrected chi connectivity index (χ3v) is 6.72. The molecule has 3 heterocycles. The molecule has 4 N–H and O–H groups in total. The Bertz CT molecular complexity index is 1170. The average Bonchev–Trinajstić information content (AvgIpc) is 3.29. The van der Waals surface area contributed by atoms with Gasteiger partial charge in [0.15, 0.2) is 11.2 Å². The van der Waals surface area contributed by atoms with Crippen LogP contribution < -0.4 is 10.6 Å². The van der Waals surface area contributed by atoms with Gasteiger partial charge in [-0.1, -0.05) is 0 Å². The molecule has 8 nitrogen and oxygen atoms in total. The zero-order valence-corrected chi connectivity index (χ0v) is 22.7. The van der Waals surface area contributed by atoms with Crippen LogP contribution in [0.4, 0.5) is 27.8 Å². The number of nitrogens with one attached hydrogen (secondary N) is 2. The van der Waals surface area contributed by atoms with Gasteiger partial charge in [0.2, 0.25) is 0 Å². The quantitative estimate of drug-likeness (QED) is 0.362. The van der Waals surface area contributed by atoms with E-state index in [1.165, 1.54) is 20.8 Å². The molecule has 1 aliphatic rings. The van der Waals surface area contributed by atoms with Crippen LogP contribution in [0.3, 0.4) is 0 Å². The van der Waals surface area contributed by atoms with Gasteiger partial charge in [0.1, 0.15) is 11.5 Å². The fraction of sp³-hybridized carbons (Fsp3) is 0.625. The second-order valence-electron chi connectivity index (χ2n) is 11.2. The molecule has 212 valence electrons. The normalized spacial score (nSPS) is 19.4. The average molecular weight is 566 g/mol. The van der Waals surface area contributed by atoms with E-state index < -0.39 is 65.5 Å². The van der Waals surface area contributed by atoms with Crippen LogP contribution in [0.2, 0.25) is 0 Å². The first-order chi connectivity index (χ1) is 17.2. The number of carbonyl (C=O) groups is 1. The summed E-state index contributed by atoms with van der Waals surface area (Å²) in [6.45, 7) is 8.58. The van der Waals surface area contributed by atoms with Gasteiger partial charge in [-0.05, 0) is 47.6 Å². The molecule has 1 saturated heterocycles. The highest BCUT2D eigenvalue weighted by Crippen LogP contribution is 2.45. The Morgan fingerprint density at radius 3 is 2.39 bits per heavy atom. The maximum Gasteiger partial charge on any atom is 0.417 e. The monoisotopic (exact) mass is 565 g/mol. The van der Waals surface area contributed by atoms with Crippen LogP contribution in [0.1, 0.15) is 75.3 Å². The number of hydrogen-bond acceptors (Lipinski definition) is 8. The number of alkyl halides is 5. The predicted octanol–water partition coefficient (Wildman–Crippen LogP) is 4.66. The lowest BCUT2D eigenvalue weighted by molar-refractivity contribution is -0.137. The number of aliphatic hydroxyl groups is 2. The highest BCUT2D eigenvalue weighted by atomic mass is 32.1. The van der Waals surface area contributed by atoms with E-state index in [9.17, 15) is 37.0 Å². The molecule has 0 spiro atoms.